The summed E-state index contributed by atoms with van der Waals surface area (Å²) in [5, 5.41) is 14.1. The van der Waals surface area contributed by atoms with Crippen LogP contribution in [0.3, 0.4) is 0 Å². The number of halogens is 1. The molecule has 1 fully saturated rings. The van der Waals surface area contributed by atoms with Crippen LogP contribution in [0.2, 0.25) is 0 Å². The minimum Gasteiger partial charge on any atom is -0.372 e. The van der Waals surface area contributed by atoms with Crippen LogP contribution in [-0.4, -0.2) is 56.1 Å². The van der Waals surface area contributed by atoms with E-state index >= 15 is 0 Å². The molecule has 20 heavy (non-hydrogen) atoms. The number of nitro benzene ring substituents is 1. The molecule has 1 aliphatic rings. The molecule has 1 aromatic carbocycles. The Bertz CT molecular complexity index is 477. The predicted molar refractivity (Wildman–Crippen MR) is 83.4 cm³/mol. The summed E-state index contributed by atoms with van der Waals surface area (Å²) in [5.41, 5.74) is 1.09. The lowest BCUT2D eigenvalue weighted by molar-refractivity contribution is -0.384. The van der Waals surface area contributed by atoms with Crippen molar-refractivity contribution in [3.63, 3.8) is 0 Å². The van der Waals surface area contributed by atoms with Gasteiger partial charge in [-0.25, -0.2) is 0 Å². The second-order valence-electron chi connectivity index (χ2n) is 4.91. The van der Waals surface area contributed by atoms with Crippen molar-refractivity contribution in [2.45, 2.75) is 0 Å². The Morgan fingerprint density at radius 1 is 1.45 bits per heavy atom. The summed E-state index contributed by atoms with van der Waals surface area (Å²) in [6, 6.07) is 4.89. The van der Waals surface area contributed by atoms with E-state index in [0.717, 1.165) is 49.4 Å². The Labute approximate surface area is 127 Å². The van der Waals surface area contributed by atoms with E-state index in [2.05, 4.69) is 31.0 Å². The molecule has 0 atom stereocenters. The Hall–Kier alpha value is -1.18. The summed E-state index contributed by atoms with van der Waals surface area (Å²) in [5.74, 6) is 0. The third-order valence-corrected chi connectivity index (χ3v) is 4.15. The highest BCUT2D eigenvalue weighted by atomic mass is 79.9. The van der Waals surface area contributed by atoms with Crippen molar-refractivity contribution in [2.75, 3.05) is 51.2 Å². The van der Waals surface area contributed by atoms with Crippen LogP contribution in [0.4, 0.5) is 11.4 Å². The normalized spacial score (nSPS) is 16.1. The van der Waals surface area contributed by atoms with Crippen LogP contribution in [0.5, 0.6) is 0 Å². The predicted octanol–water partition coefficient (Wildman–Crippen LogP) is 1.70. The number of rotatable bonds is 5. The van der Waals surface area contributed by atoms with Gasteiger partial charge >= 0.3 is 0 Å². The third-order valence-electron chi connectivity index (χ3n) is 3.51. The molecular weight excluding hydrogens is 324 g/mol. The lowest BCUT2D eigenvalue weighted by Crippen LogP contribution is -2.46. The van der Waals surface area contributed by atoms with Gasteiger partial charge in [0.05, 0.1) is 10.6 Å². The number of piperazine rings is 1. The number of anilines is 1. The Morgan fingerprint density at radius 2 is 2.15 bits per heavy atom. The van der Waals surface area contributed by atoms with E-state index < -0.39 is 0 Å². The van der Waals surface area contributed by atoms with Crippen LogP contribution in [0.1, 0.15) is 0 Å². The molecule has 2 rings (SSSR count). The largest absolute Gasteiger partial charge is 0.372 e. The zero-order valence-electron chi connectivity index (χ0n) is 11.5. The van der Waals surface area contributed by atoms with E-state index in [-0.39, 0.29) is 10.6 Å². The molecule has 0 aromatic heterocycles. The molecule has 6 nitrogen and oxygen atoms in total. The lowest BCUT2D eigenvalue weighted by Gasteiger charge is -2.30. The minimum absolute atomic E-state index is 0.108. The molecule has 1 aliphatic heterocycles. The average Bonchev–Trinajstić information content (AvgIpc) is 2.45. The minimum atomic E-state index is -0.380. The smallest absolute Gasteiger partial charge is 0.270 e. The standard InChI is InChI=1S/C13H19BrN4O2/c1-16(8-9-17-6-4-15-5-7-17)13-3-2-11(18(19)20)10-12(13)14/h2-3,10,15H,4-9H2,1H3. The van der Waals surface area contributed by atoms with Gasteiger partial charge in [-0.2, -0.15) is 0 Å². The van der Waals surface area contributed by atoms with Crippen molar-refractivity contribution < 1.29 is 4.92 Å². The van der Waals surface area contributed by atoms with Gasteiger partial charge in [0.25, 0.3) is 5.69 Å². The fourth-order valence-electron chi connectivity index (χ4n) is 2.27. The van der Waals surface area contributed by atoms with Crippen LogP contribution in [0, 0.1) is 10.1 Å². The maximum absolute atomic E-state index is 10.7. The molecule has 0 aliphatic carbocycles. The summed E-state index contributed by atoms with van der Waals surface area (Å²) >= 11 is 3.41. The molecule has 0 radical (unpaired) electrons. The molecule has 0 amide bonds. The highest BCUT2D eigenvalue weighted by Crippen LogP contribution is 2.29. The maximum Gasteiger partial charge on any atom is 0.270 e. The first-order valence-electron chi connectivity index (χ1n) is 6.66. The third kappa shape index (κ3) is 3.91. The maximum atomic E-state index is 10.7. The summed E-state index contributed by atoms with van der Waals surface area (Å²) in [6.45, 7) is 6.15. The SMILES string of the molecule is CN(CCN1CCNCC1)c1ccc([N+](=O)[O-])cc1Br. The topological polar surface area (TPSA) is 61.6 Å². The molecule has 0 saturated carbocycles. The number of nitrogens with one attached hydrogen (secondary N) is 1. The highest BCUT2D eigenvalue weighted by Gasteiger charge is 2.14. The Morgan fingerprint density at radius 3 is 2.75 bits per heavy atom. The van der Waals surface area contributed by atoms with Gasteiger partial charge < -0.3 is 10.2 Å². The van der Waals surface area contributed by atoms with Crippen LogP contribution in [-0.2, 0) is 0 Å². The monoisotopic (exact) mass is 342 g/mol. The highest BCUT2D eigenvalue weighted by molar-refractivity contribution is 9.10. The van der Waals surface area contributed by atoms with Gasteiger partial charge in [0.15, 0.2) is 0 Å². The van der Waals surface area contributed by atoms with Gasteiger partial charge in [-0.3, -0.25) is 15.0 Å². The van der Waals surface area contributed by atoms with Crippen molar-refractivity contribution in [2.24, 2.45) is 0 Å². The summed E-state index contributed by atoms with van der Waals surface area (Å²) in [6.07, 6.45) is 0. The first kappa shape index (κ1) is 15.2. The quantitative estimate of drug-likeness (QED) is 0.651. The van der Waals surface area contributed by atoms with Gasteiger partial charge in [0.1, 0.15) is 0 Å². The van der Waals surface area contributed by atoms with E-state index in [1.807, 2.05) is 7.05 Å². The number of benzene rings is 1. The van der Waals surface area contributed by atoms with Crippen LogP contribution in [0.15, 0.2) is 22.7 Å². The number of likely N-dealkylation sites (N-methyl/N-ethyl adjacent to an activating group) is 1. The van der Waals surface area contributed by atoms with Gasteiger partial charge in [-0.1, -0.05) is 0 Å². The molecular formula is C13H19BrN4O2. The second kappa shape index (κ2) is 7.01. The number of non-ortho nitro benzene ring substituents is 1. The van der Waals surface area contributed by atoms with E-state index in [0.29, 0.717) is 0 Å². The molecule has 110 valence electrons. The number of nitro groups is 1. The zero-order valence-corrected chi connectivity index (χ0v) is 13.1. The Balaban J connectivity index is 1.94. The number of hydrogen-bond acceptors (Lipinski definition) is 5. The second-order valence-corrected chi connectivity index (χ2v) is 5.76. The molecule has 1 N–H and O–H groups in total. The summed E-state index contributed by atoms with van der Waals surface area (Å²) in [7, 11) is 2.01. The van der Waals surface area contributed by atoms with Crippen molar-refractivity contribution in [3.8, 4) is 0 Å². The molecule has 0 bridgehead atoms. The Kier molecular flexibility index (Phi) is 5.33. The van der Waals surface area contributed by atoms with Crippen molar-refractivity contribution in [1.82, 2.24) is 10.2 Å². The zero-order chi connectivity index (χ0) is 14.5. The molecule has 1 aromatic rings. The molecule has 0 spiro atoms. The van der Waals surface area contributed by atoms with Crippen molar-refractivity contribution in [3.05, 3.63) is 32.8 Å². The van der Waals surface area contributed by atoms with Gasteiger partial charge in [-0.05, 0) is 22.0 Å². The lowest BCUT2D eigenvalue weighted by atomic mass is 10.2. The van der Waals surface area contributed by atoms with Crippen LogP contribution < -0.4 is 10.2 Å². The van der Waals surface area contributed by atoms with E-state index in [1.54, 1.807) is 18.2 Å². The van der Waals surface area contributed by atoms with E-state index in [9.17, 15) is 10.1 Å². The van der Waals surface area contributed by atoms with Gasteiger partial charge in [0.2, 0.25) is 0 Å². The fraction of sp³-hybridized carbons (Fsp3) is 0.538. The first-order chi connectivity index (χ1) is 9.58. The van der Waals surface area contributed by atoms with E-state index in [4.69, 9.17) is 0 Å². The summed E-state index contributed by atoms with van der Waals surface area (Å²) in [4.78, 5) is 14.9. The molecule has 7 heteroatoms. The van der Waals surface area contributed by atoms with Crippen molar-refractivity contribution in [1.29, 1.82) is 0 Å². The average molecular weight is 343 g/mol. The van der Waals surface area contributed by atoms with E-state index in [1.165, 1.54) is 0 Å². The van der Waals surface area contributed by atoms with Crippen LogP contribution in [0.25, 0.3) is 0 Å². The molecule has 1 saturated heterocycles. The number of hydrogen-bond donors (Lipinski definition) is 1. The van der Waals surface area contributed by atoms with Crippen molar-refractivity contribution >= 4 is 27.3 Å². The first-order valence-corrected chi connectivity index (χ1v) is 7.45. The van der Waals surface area contributed by atoms with Crippen LogP contribution >= 0.6 is 15.9 Å². The number of nitrogens with zero attached hydrogens (tertiary/aromatic N) is 3. The fourth-order valence-corrected chi connectivity index (χ4v) is 2.93. The van der Waals surface area contributed by atoms with Gasteiger partial charge in [0, 0.05) is 62.9 Å². The molecule has 0 unspecified atom stereocenters. The van der Waals surface area contributed by atoms with Gasteiger partial charge in [-0.15, -0.1) is 0 Å². The summed E-state index contributed by atoms with van der Waals surface area (Å²) < 4.78 is 0.759. The molecule has 1 heterocycles.